The van der Waals surface area contributed by atoms with Crippen molar-refractivity contribution >= 4 is 6.08 Å². The summed E-state index contributed by atoms with van der Waals surface area (Å²) in [6.07, 6.45) is 3.99. The van der Waals surface area contributed by atoms with E-state index in [0.29, 0.717) is 12.0 Å². The molecule has 2 rings (SSSR count). The Morgan fingerprint density at radius 3 is 2.38 bits per heavy atom. The molecule has 0 heterocycles. The average molecular weight is 282 g/mol. The Balaban J connectivity index is 2.01. The molecule has 0 aliphatic heterocycles. The molecule has 2 aromatic rings. The first kappa shape index (κ1) is 14.4. The third-order valence-corrected chi connectivity index (χ3v) is 2.73. The number of benzene rings is 2. The van der Waals surface area contributed by atoms with Gasteiger partial charge in [-0.05, 0) is 35.9 Å². The molecule has 0 unspecified atom stereocenters. The average Bonchev–Trinajstić information content (AvgIpc) is 2.46. The Morgan fingerprint density at radius 1 is 0.857 bits per heavy atom. The molecule has 4 N–H and O–H groups in total. The van der Waals surface area contributed by atoms with Gasteiger partial charge in [-0.2, -0.15) is 0 Å². The van der Waals surface area contributed by atoms with Gasteiger partial charge in [-0.1, -0.05) is 30.1 Å². The molecule has 0 aromatic heterocycles. The molecular formula is C17H14O4. The minimum Gasteiger partial charge on any atom is -0.508 e. The third kappa shape index (κ3) is 3.95. The SMILES string of the molecule is Oc1ccc(O)c(C#CC/C=C/c2ccc(O)c(O)c2)c1. The molecule has 0 aliphatic rings. The van der Waals surface area contributed by atoms with Crippen molar-refractivity contribution in [3.8, 4) is 34.8 Å². The van der Waals surface area contributed by atoms with E-state index in [9.17, 15) is 20.4 Å². The molecule has 0 saturated carbocycles. The van der Waals surface area contributed by atoms with Crippen molar-refractivity contribution in [1.82, 2.24) is 0 Å². The van der Waals surface area contributed by atoms with Gasteiger partial charge >= 0.3 is 0 Å². The molecule has 0 radical (unpaired) electrons. The quantitative estimate of drug-likeness (QED) is 0.388. The maximum atomic E-state index is 9.54. The highest BCUT2D eigenvalue weighted by Crippen LogP contribution is 2.25. The molecule has 106 valence electrons. The number of rotatable bonds is 2. The van der Waals surface area contributed by atoms with Crippen LogP contribution in [0.4, 0.5) is 0 Å². The second-order valence-corrected chi connectivity index (χ2v) is 4.36. The van der Waals surface area contributed by atoms with Crippen LogP contribution in [0.5, 0.6) is 23.0 Å². The minimum atomic E-state index is -0.173. The van der Waals surface area contributed by atoms with Gasteiger partial charge in [-0.25, -0.2) is 0 Å². The zero-order valence-corrected chi connectivity index (χ0v) is 11.1. The standard InChI is InChI=1S/C17H14O4/c18-14-7-9-15(19)13(11-14)5-3-1-2-4-12-6-8-16(20)17(21)10-12/h2,4,6-11,18-21H,1H2/b4-2+. The van der Waals surface area contributed by atoms with Gasteiger partial charge < -0.3 is 20.4 Å². The van der Waals surface area contributed by atoms with Gasteiger partial charge in [0.2, 0.25) is 0 Å². The Morgan fingerprint density at radius 2 is 1.62 bits per heavy atom. The molecule has 4 nitrogen and oxygen atoms in total. The molecule has 0 atom stereocenters. The van der Waals surface area contributed by atoms with Crippen LogP contribution in [0.25, 0.3) is 6.08 Å². The third-order valence-electron chi connectivity index (χ3n) is 2.73. The van der Waals surface area contributed by atoms with Crippen LogP contribution >= 0.6 is 0 Å². The highest BCUT2D eigenvalue weighted by atomic mass is 16.3. The Kier molecular flexibility index (Phi) is 4.37. The van der Waals surface area contributed by atoms with Gasteiger partial charge in [-0.3, -0.25) is 0 Å². The predicted octanol–water partition coefficient (Wildman–Crippen LogP) is 2.96. The van der Waals surface area contributed by atoms with E-state index in [1.807, 2.05) is 0 Å². The summed E-state index contributed by atoms with van der Waals surface area (Å²) in [5.41, 5.74) is 1.11. The van der Waals surface area contributed by atoms with Gasteiger partial charge in [0.1, 0.15) is 11.5 Å². The second kappa shape index (κ2) is 6.40. The van der Waals surface area contributed by atoms with Crippen LogP contribution in [0.1, 0.15) is 17.5 Å². The first-order valence-electron chi connectivity index (χ1n) is 6.25. The fourth-order valence-electron chi connectivity index (χ4n) is 1.67. The normalized spacial score (nSPS) is 10.3. The van der Waals surface area contributed by atoms with Gasteiger partial charge in [-0.15, -0.1) is 0 Å². The Hall–Kier alpha value is -3.06. The van der Waals surface area contributed by atoms with Crippen LogP contribution < -0.4 is 0 Å². The number of phenols is 4. The number of phenolic OH excluding ortho intramolecular Hbond substituents is 4. The number of hydrogen-bond donors (Lipinski definition) is 4. The molecule has 0 bridgehead atoms. The molecule has 0 fully saturated rings. The summed E-state index contributed by atoms with van der Waals surface area (Å²) < 4.78 is 0. The molecule has 0 amide bonds. The first-order valence-corrected chi connectivity index (χ1v) is 6.25. The summed E-state index contributed by atoms with van der Waals surface area (Å²) in [6, 6.07) is 8.68. The van der Waals surface area contributed by atoms with Gasteiger partial charge in [0.15, 0.2) is 11.5 Å². The van der Waals surface area contributed by atoms with Crippen LogP contribution in [0, 0.1) is 11.8 Å². The minimum absolute atomic E-state index is 0.0211. The topological polar surface area (TPSA) is 80.9 Å². The van der Waals surface area contributed by atoms with Crippen molar-refractivity contribution in [2.24, 2.45) is 0 Å². The summed E-state index contributed by atoms with van der Waals surface area (Å²) in [6.45, 7) is 0. The second-order valence-electron chi connectivity index (χ2n) is 4.36. The molecule has 0 aliphatic carbocycles. The lowest BCUT2D eigenvalue weighted by Gasteiger charge is -1.98. The van der Waals surface area contributed by atoms with E-state index in [-0.39, 0.29) is 23.0 Å². The van der Waals surface area contributed by atoms with Crippen LogP contribution in [-0.2, 0) is 0 Å². The van der Waals surface area contributed by atoms with Crippen molar-refractivity contribution in [3.05, 3.63) is 53.6 Å². The monoisotopic (exact) mass is 282 g/mol. The van der Waals surface area contributed by atoms with Crippen LogP contribution in [-0.4, -0.2) is 20.4 Å². The summed E-state index contributed by atoms with van der Waals surface area (Å²) in [5, 5.41) is 37.4. The van der Waals surface area contributed by atoms with Crippen molar-refractivity contribution in [1.29, 1.82) is 0 Å². The summed E-state index contributed by atoms with van der Waals surface area (Å²) >= 11 is 0. The molecular weight excluding hydrogens is 268 g/mol. The van der Waals surface area contributed by atoms with Crippen LogP contribution in [0.15, 0.2) is 42.5 Å². The zero-order chi connectivity index (χ0) is 15.2. The number of aromatic hydroxyl groups is 4. The van der Waals surface area contributed by atoms with Crippen LogP contribution in [0.2, 0.25) is 0 Å². The lowest BCUT2D eigenvalue weighted by atomic mass is 10.1. The first-order chi connectivity index (χ1) is 10.1. The van der Waals surface area contributed by atoms with Gasteiger partial charge in [0.05, 0.1) is 5.56 Å². The van der Waals surface area contributed by atoms with E-state index in [1.54, 1.807) is 18.2 Å². The maximum Gasteiger partial charge on any atom is 0.157 e. The largest absolute Gasteiger partial charge is 0.508 e. The van der Waals surface area contributed by atoms with E-state index in [0.717, 1.165) is 5.56 Å². The van der Waals surface area contributed by atoms with Gasteiger partial charge in [0.25, 0.3) is 0 Å². The molecule has 0 saturated heterocycles. The van der Waals surface area contributed by atoms with Crippen molar-refractivity contribution in [3.63, 3.8) is 0 Å². The molecule has 0 spiro atoms. The van der Waals surface area contributed by atoms with E-state index >= 15 is 0 Å². The summed E-state index contributed by atoms with van der Waals surface area (Å²) in [7, 11) is 0. The fraction of sp³-hybridized carbons (Fsp3) is 0.0588. The maximum absolute atomic E-state index is 9.54. The zero-order valence-electron chi connectivity index (χ0n) is 11.1. The van der Waals surface area contributed by atoms with E-state index in [2.05, 4.69) is 11.8 Å². The molecule has 4 heteroatoms. The molecule has 2 aromatic carbocycles. The number of allylic oxidation sites excluding steroid dienone is 1. The van der Waals surface area contributed by atoms with Crippen molar-refractivity contribution in [2.75, 3.05) is 0 Å². The van der Waals surface area contributed by atoms with Crippen molar-refractivity contribution in [2.45, 2.75) is 6.42 Å². The number of hydrogen-bond acceptors (Lipinski definition) is 4. The van der Waals surface area contributed by atoms with Crippen LogP contribution in [0.3, 0.4) is 0 Å². The highest BCUT2D eigenvalue weighted by Gasteiger charge is 1.98. The summed E-state index contributed by atoms with van der Waals surface area (Å²) in [4.78, 5) is 0. The lowest BCUT2D eigenvalue weighted by Crippen LogP contribution is -1.76. The Bertz CT molecular complexity index is 736. The van der Waals surface area contributed by atoms with Gasteiger partial charge in [0, 0.05) is 6.42 Å². The van der Waals surface area contributed by atoms with E-state index in [1.165, 1.54) is 30.3 Å². The van der Waals surface area contributed by atoms with Crippen molar-refractivity contribution < 1.29 is 20.4 Å². The summed E-state index contributed by atoms with van der Waals surface area (Å²) in [5.74, 6) is 5.34. The van der Waals surface area contributed by atoms with E-state index < -0.39 is 0 Å². The lowest BCUT2D eigenvalue weighted by molar-refractivity contribution is 0.403. The molecule has 21 heavy (non-hydrogen) atoms. The van der Waals surface area contributed by atoms with E-state index in [4.69, 9.17) is 0 Å². The predicted molar refractivity (Wildman–Crippen MR) is 80.1 cm³/mol. The smallest absolute Gasteiger partial charge is 0.157 e. The highest BCUT2D eigenvalue weighted by molar-refractivity contribution is 5.55. The Labute approximate surface area is 122 Å². The fourth-order valence-corrected chi connectivity index (χ4v) is 1.67.